The topological polar surface area (TPSA) is 68.0 Å². The van der Waals surface area contributed by atoms with E-state index >= 15 is 0 Å². The monoisotopic (exact) mass is 389 g/mol. The minimum absolute atomic E-state index is 0.121. The van der Waals surface area contributed by atoms with Crippen LogP contribution < -0.4 is 0 Å². The number of rotatable bonds is 6. The summed E-state index contributed by atoms with van der Waals surface area (Å²) in [5.74, 6) is 0.742. The molecule has 0 bridgehead atoms. The maximum absolute atomic E-state index is 11.5. The van der Waals surface area contributed by atoms with E-state index in [2.05, 4.69) is 33.8 Å². The van der Waals surface area contributed by atoms with E-state index in [1.165, 1.54) is 0 Å². The van der Waals surface area contributed by atoms with Gasteiger partial charge in [0.1, 0.15) is 0 Å². The zero-order valence-corrected chi connectivity index (χ0v) is 17.4. The van der Waals surface area contributed by atoms with Gasteiger partial charge in [-0.15, -0.1) is 0 Å². The molecule has 29 heavy (non-hydrogen) atoms. The molecule has 5 heteroatoms. The molecule has 5 nitrogen and oxygen atoms in total. The van der Waals surface area contributed by atoms with Crippen LogP contribution in [0.3, 0.4) is 0 Å². The molecular weight excluding hydrogens is 362 g/mol. The van der Waals surface area contributed by atoms with E-state index in [9.17, 15) is 9.90 Å². The molecule has 0 unspecified atom stereocenters. The molecule has 3 rings (SSSR count). The summed E-state index contributed by atoms with van der Waals surface area (Å²) in [5, 5.41) is 14.1. The van der Waals surface area contributed by atoms with Gasteiger partial charge in [-0.2, -0.15) is 5.10 Å². The van der Waals surface area contributed by atoms with Crippen LogP contribution in [0.1, 0.15) is 61.7 Å². The smallest absolute Gasteiger partial charge is 0.336 e. The minimum atomic E-state index is -0.922. The lowest BCUT2D eigenvalue weighted by atomic mass is 9.96. The molecule has 0 radical (unpaired) electrons. The van der Waals surface area contributed by atoms with Crippen molar-refractivity contribution in [1.29, 1.82) is 0 Å². The highest BCUT2D eigenvalue weighted by Gasteiger charge is 2.21. The average Bonchev–Trinajstić information content (AvgIpc) is 3.10. The van der Waals surface area contributed by atoms with Gasteiger partial charge in [-0.05, 0) is 35.3 Å². The zero-order chi connectivity index (χ0) is 21.0. The van der Waals surface area contributed by atoms with Gasteiger partial charge in [-0.3, -0.25) is 0 Å². The summed E-state index contributed by atoms with van der Waals surface area (Å²) in [7, 11) is 0. The molecule has 150 valence electrons. The first-order valence-electron chi connectivity index (χ1n) is 9.83. The SMILES string of the molecule is CC/C=C/c1nc(C(C)(C)C)nn1Cc1ccc(-c2ccccc2C(=O)O)cc1. The van der Waals surface area contributed by atoms with Crippen molar-refractivity contribution < 1.29 is 9.90 Å². The highest BCUT2D eigenvalue weighted by molar-refractivity contribution is 5.95. The second kappa shape index (κ2) is 8.43. The first-order valence-corrected chi connectivity index (χ1v) is 9.83. The molecule has 1 N–H and O–H groups in total. The van der Waals surface area contributed by atoms with Crippen LogP contribution in [0.4, 0.5) is 0 Å². The minimum Gasteiger partial charge on any atom is -0.478 e. The normalized spacial score (nSPS) is 11.9. The Hall–Kier alpha value is -3.21. The van der Waals surface area contributed by atoms with E-state index in [0.29, 0.717) is 17.7 Å². The van der Waals surface area contributed by atoms with Crippen molar-refractivity contribution in [3.05, 3.63) is 77.4 Å². The van der Waals surface area contributed by atoms with Crippen LogP contribution in [-0.4, -0.2) is 25.8 Å². The highest BCUT2D eigenvalue weighted by Crippen LogP contribution is 2.25. The molecule has 0 amide bonds. The molecule has 1 heterocycles. The Kier molecular flexibility index (Phi) is 5.97. The Morgan fingerprint density at radius 2 is 1.79 bits per heavy atom. The number of hydrogen-bond donors (Lipinski definition) is 1. The Morgan fingerprint density at radius 3 is 2.41 bits per heavy atom. The van der Waals surface area contributed by atoms with Crippen LogP contribution in [0, 0.1) is 0 Å². The van der Waals surface area contributed by atoms with Gasteiger partial charge in [-0.25, -0.2) is 14.5 Å². The summed E-state index contributed by atoms with van der Waals surface area (Å²) in [6.07, 6.45) is 5.04. The molecule has 0 aliphatic heterocycles. The van der Waals surface area contributed by atoms with Gasteiger partial charge in [0.2, 0.25) is 0 Å². The number of carboxylic acids is 1. The molecule has 0 atom stereocenters. The van der Waals surface area contributed by atoms with E-state index in [1.807, 2.05) is 47.2 Å². The Morgan fingerprint density at radius 1 is 1.10 bits per heavy atom. The average molecular weight is 389 g/mol. The van der Waals surface area contributed by atoms with E-state index in [0.717, 1.165) is 29.2 Å². The van der Waals surface area contributed by atoms with Crippen LogP contribution in [0.15, 0.2) is 54.6 Å². The molecular formula is C24H27N3O2. The van der Waals surface area contributed by atoms with Crippen molar-refractivity contribution >= 4 is 12.0 Å². The summed E-state index contributed by atoms with van der Waals surface area (Å²) >= 11 is 0. The number of aromatic nitrogens is 3. The third-order valence-corrected chi connectivity index (χ3v) is 4.63. The lowest BCUT2D eigenvalue weighted by Crippen LogP contribution is -2.14. The predicted molar refractivity (Wildman–Crippen MR) is 116 cm³/mol. The number of allylic oxidation sites excluding steroid dienone is 1. The summed E-state index contributed by atoms with van der Waals surface area (Å²) in [6, 6.07) is 15.0. The Balaban J connectivity index is 1.90. The number of hydrogen-bond acceptors (Lipinski definition) is 3. The fourth-order valence-electron chi connectivity index (χ4n) is 3.02. The summed E-state index contributed by atoms with van der Waals surface area (Å²) in [4.78, 5) is 16.2. The number of carbonyl (C=O) groups is 1. The van der Waals surface area contributed by atoms with Gasteiger partial charge in [0.25, 0.3) is 0 Å². The molecule has 1 aromatic heterocycles. The van der Waals surface area contributed by atoms with Gasteiger partial charge in [0.05, 0.1) is 12.1 Å². The lowest BCUT2D eigenvalue weighted by Gasteiger charge is -2.12. The summed E-state index contributed by atoms with van der Waals surface area (Å²) in [5.41, 5.74) is 2.86. The van der Waals surface area contributed by atoms with Crippen molar-refractivity contribution in [1.82, 2.24) is 14.8 Å². The Bertz CT molecular complexity index is 1030. The van der Waals surface area contributed by atoms with E-state index in [-0.39, 0.29) is 5.41 Å². The predicted octanol–water partition coefficient (Wildman–Crippen LogP) is 5.41. The van der Waals surface area contributed by atoms with Gasteiger partial charge in [-0.1, -0.05) is 76.2 Å². The molecule has 0 spiro atoms. The van der Waals surface area contributed by atoms with Crippen molar-refractivity contribution in [2.24, 2.45) is 0 Å². The summed E-state index contributed by atoms with van der Waals surface area (Å²) in [6.45, 7) is 9.01. The number of aromatic carboxylic acids is 1. The van der Waals surface area contributed by atoms with Gasteiger partial charge < -0.3 is 5.11 Å². The maximum atomic E-state index is 11.5. The number of carboxylic acid groups (broad SMARTS) is 1. The van der Waals surface area contributed by atoms with Crippen LogP contribution in [0.5, 0.6) is 0 Å². The van der Waals surface area contributed by atoms with Gasteiger partial charge >= 0.3 is 5.97 Å². The fourth-order valence-corrected chi connectivity index (χ4v) is 3.02. The first kappa shape index (κ1) is 20.5. The zero-order valence-electron chi connectivity index (χ0n) is 17.4. The van der Waals surface area contributed by atoms with Crippen LogP contribution in [0.2, 0.25) is 0 Å². The number of benzene rings is 2. The number of nitrogens with zero attached hydrogens (tertiary/aromatic N) is 3. The van der Waals surface area contributed by atoms with Crippen molar-refractivity contribution in [3.63, 3.8) is 0 Å². The molecule has 0 fully saturated rings. The third-order valence-electron chi connectivity index (χ3n) is 4.63. The molecule has 3 aromatic rings. The van der Waals surface area contributed by atoms with Crippen LogP contribution in [-0.2, 0) is 12.0 Å². The molecule has 0 aliphatic rings. The van der Waals surface area contributed by atoms with E-state index in [4.69, 9.17) is 10.1 Å². The first-order chi connectivity index (χ1) is 13.8. The summed E-state index contributed by atoms with van der Waals surface area (Å²) < 4.78 is 1.92. The highest BCUT2D eigenvalue weighted by atomic mass is 16.4. The van der Waals surface area contributed by atoms with Crippen molar-refractivity contribution in [3.8, 4) is 11.1 Å². The van der Waals surface area contributed by atoms with Crippen molar-refractivity contribution in [2.45, 2.75) is 46.1 Å². The quantitative estimate of drug-likeness (QED) is 0.612. The Labute approximate surface area is 171 Å². The largest absolute Gasteiger partial charge is 0.478 e. The fraction of sp³-hybridized carbons (Fsp3) is 0.292. The van der Waals surface area contributed by atoms with E-state index in [1.54, 1.807) is 12.1 Å². The second-order valence-corrected chi connectivity index (χ2v) is 8.06. The maximum Gasteiger partial charge on any atom is 0.336 e. The lowest BCUT2D eigenvalue weighted by molar-refractivity contribution is 0.0697. The van der Waals surface area contributed by atoms with Crippen LogP contribution >= 0.6 is 0 Å². The van der Waals surface area contributed by atoms with Gasteiger partial charge in [0, 0.05) is 5.41 Å². The van der Waals surface area contributed by atoms with Crippen molar-refractivity contribution in [2.75, 3.05) is 0 Å². The third kappa shape index (κ3) is 4.80. The molecule has 0 saturated carbocycles. The standard InChI is InChI=1S/C24H27N3O2/c1-5-6-11-21-25-23(24(2,3)4)26-27(21)16-17-12-14-18(15-13-17)19-9-7-8-10-20(19)22(28)29/h6-15H,5,16H2,1-4H3,(H,28,29)/b11-6+. The van der Waals surface area contributed by atoms with Crippen LogP contribution in [0.25, 0.3) is 17.2 Å². The second-order valence-electron chi connectivity index (χ2n) is 8.06. The van der Waals surface area contributed by atoms with E-state index < -0.39 is 5.97 Å². The van der Waals surface area contributed by atoms with Gasteiger partial charge in [0.15, 0.2) is 11.6 Å². The molecule has 2 aromatic carbocycles. The molecule has 0 aliphatic carbocycles. The molecule has 0 saturated heterocycles.